The molecule has 0 aromatic rings. The van der Waals surface area contributed by atoms with E-state index in [-0.39, 0.29) is 16.9 Å². The summed E-state index contributed by atoms with van der Waals surface area (Å²) in [4.78, 5) is 24.0. The molecule has 2 N–H and O–H groups in total. The zero-order chi connectivity index (χ0) is 12.3. The fourth-order valence-corrected chi connectivity index (χ4v) is 2.18. The van der Waals surface area contributed by atoms with Crippen LogP contribution in [0, 0.1) is 5.41 Å². The van der Waals surface area contributed by atoms with E-state index in [0.29, 0.717) is 6.42 Å². The van der Waals surface area contributed by atoms with Crippen LogP contribution in [0.2, 0.25) is 0 Å². The van der Waals surface area contributed by atoms with Gasteiger partial charge in [0.15, 0.2) is 5.11 Å². The molecule has 4 nitrogen and oxygen atoms in total. The molecule has 2 amide bonds. The Balaban J connectivity index is 3.20. The van der Waals surface area contributed by atoms with Gasteiger partial charge in [-0.25, -0.2) is 0 Å². The van der Waals surface area contributed by atoms with Gasteiger partial charge in [0.2, 0.25) is 11.8 Å². The highest BCUT2D eigenvalue weighted by Crippen LogP contribution is 2.33. The van der Waals surface area contributed by atoms with Gasteiger partial charge < -0.3 is 10.6 Å². The number of hydrogen-bond acceptors (Lipinski definition) is 3. The Kier molecular flexibility index (Phi) is 3.80. The monoisotopic (exact) mass is 240 g/mol. The molecule has 1 aliphatic heterocycles. The molecular formula is C11H16N2O2S. The SMILES string of the molecule is CCC=C(C)C1(CC)C(=O)NC(=S)NC1=O. The third kappa shape index (κ3) is 1.87. The van der Waals surface area contributed by atoms with E-state index >= 15 is 0 Å². The van der Waals surface area contributed by atoms with Gasteiger partial charge in [-0.2, -0.15) is 0 Å². The van der Waals surface area contributed by atoms with Crippen molar-refractivity contribution in [3.63, 3.8) is 0 Å². The largest absolute Gasteiger partial charge is 0.302 e. The molecule has 1 heterocycles. The molecule has 0 bridgehead atoms. The minimum atomic E-state index is -1.10. The average molecular weight is 240 g/mol. The topological polar surface area (TPSA) is 58.2 Å². The highest BCUT2D eigenvalue weighted by atomic mass is 32.1. The van der Waals surface area contributed by atoms with Crippen molar-refractivity contribution in [2.75, 3.05) is 0 Å². The van der Waals surface area contributed by atoms with Gasteiger partial charge in [0.25, 0.3) is 0 Å². The molecule has 1 aliphatic rings. The van der Waals surface area contributed by atoms with E-state index in [2.05, 4.69) is 10.6 Å². The second-order valence-corrected chi connectivity index (χ2v) is 4.20. The Bertz CT molecular complexity index is 354. The molecule has 0 aromatic heterocycles. The molecule has 0 spiro atoms. The third-order valence-corrected chi connectivity index (χ3v) is 3.15. The second-order valence-electron chi connectivity index (χ2n) is 3.79. The summed E-state index contributed by atoms with van der Waals surface area (Å²) < 4.78 is 0. The first kappa shape index (κ1) is 12.8. The fraction of sp³-hybridized carbons (Fsp3) is 0.545. The van der Waals surface area contributed by atoms with Crippen molar-refractivity contribution in [3.05, 3.63) is 11.6 Å². The van der Waals surface area contributed by atoms with E-state index in [1.807, 2.05) is 19.9 Å². The van der Waals surface area contributed by atoms with E-state index in [1.165, 1.54) is 0 Å². The van der Waals surface area contributed by atoms with Crippen LogP contribution in [0.3, 0.4) is 0 Å². The quantitative estimate of drug-likeness (QED) is 0.444. The highest BCUT2D eigenvalue weighted by Gasteiger charge is 2.49. The Hall–Kier alpha value is -1.23. The first-order valence-electron chi connectivity index (χ1n) is 5.33. The highest BCUT2D eigenvalue weighted by molar-refractivity contribution is 7.80. The molecule has 1 fully saturated rings. The van der Waals surface area contributed by atoms with Gasteiger partial charge in [-0.15, -0.1) is 0 Å². The van der Waals surface area contributed by atoms with Crippen LogP contribution in [0.1, 0.15) is 33.6 Å². The molecule has 16 heavy (non-hydrogen) atoms. The predicted octanol–water partition coefficient (Wildman–Crippen LogP) is 1.27. The number of carbonyl (C=O) groups is 2. The molecule has 0 atom stereocenters. The molecular weight excluding hydrogens is 224 g/mol. The molecule has 1 saturated heterocycles. The molecule has 0 aromatic carbocycles. The van der Waals surface area contributed by atoms with Gasteiger partial charge >= 0.3 is 0 Å². The maximum absolute atomic E-state index is 12.0. The number of hydrogen-bond donors (Lipinski definition) is 2. The summed E-state index contributed by atoms with van der Waals surface area (Å²) in [6.45, 7) is 5.59. The normalized spacial score (nSPS) is 20.4. The molecule has 5 heteroatoms. The summed E-state index contributed by atoms with van der Waals surface area (Å²) in [6, 6.07) is 0. The predicted molar refractivity (Wildman–Crippen MR) is 65.7 cm³/mol. The van der Waals surface area contributed by atoms with Crippen molar-refractivity contribution in [2.45, 2.75) is 33.6 Å². The number of rotatable bonds is 3. The smallest absolute Gasteiger partial charge is 0.245 e. The van der Waals surface area contributed by atoms with Gasteiger partial charge in [-0.1, -0.05) is 25.5 Å². The fourth-order valence-electron chi connectivity index (χ4n) is 1.99. The summed E-state index contributed by atoms with van der Waals surface area (Å²) in [7, 11) is 0. The number of allylic oxidation sites excluding steroid dienone is 1. The maximum atomic E-state index is 12.0. The van der Waals surface area contributed by atoms with Crippen molar-refractivity contribution >= 4 is 29.1 Å². The summed E-state index contributed by atoms with van der Waals surface area (Å²) in [6.07, 6.45) is 3.12. The lowest BCUT2D eigenvalue weighted by Gasteiger charge is -2.35. The summed E-state index contributed by atoms with van der Waals surface area (Å²) >= 11 is 4.78. The first-order chi connectivity index (χ1) is 7.48. The maximum Gasteiger partial charge on any atom is 0.245 e. The molecule has 88 valence electrons. The number of nitrogens with one attached hydrogen (secondary N) is 2. The van der Waals surface area contributed by atoms with Crippen LogP contribution < -0.4 is 10.6 Å². The van der Waals surface area contributed by atoms with Gasteiger partial charge in [0.05, 0.1) is 0 Å². The van der Waals surface area contributed by atoms with Crippen molar-refractivity contribution in [1.82, 2.24) is 10.6 Å². The zero-order valence-corrected chi connectivity index (χ0v) is 10.5. The van der Waals surface area contributed by atoms with E-state index in [9.17, 15) is 9.59 Å². The van der Waals surface area contributed by atoms with Crippen molar-refractivity contribution in [2.24, 2.45) is 5.41 Å². The zero-order valence-electron chi connectivity index (χ0n) is 9.72. The Morgan fingerprint density at radius 1 is 1.31 bits per heavy atom. The van der Waals surface area contributed by atoms with Gasteiger partial charge in [0.1, 0.15) is 5.41 Å². The first-order valence-corrected chi connectivity index (χ1v) is 5.74. The van der Waals surface area contributed by atoms with Gasteiger partial charge in [-0.05, 0) is 32.0 Å². The number of amides is 2. The van der Waals surface area contributed by atoms with Crippen LogP contribution in [0.4, 0.5) is 0 Å². The van der Waals surface area contributed by atoms with Gasteiger partial charge in [-0.3, -0.25) is 9.59 Å². The molecule has 0 saturated carbocycles. The summed E-state index contributed by atoms with van der Waals surface area (Å²) in [5, 5.41) is 5.11. The summed E-state index contributed by atoms with van der Waals surface area (Å²) in [5.74, 6) is -0.656. The van der Waals surface area contributed by atoms with Crippen molar-refractivity contribution in [3.8, 4) is 0 Å². The van der Waals surface area contributed by atoms with E-state index in [0.717, 1.165) is 12.0 Å². The van der Waals surface area contributed by atoms with E-state index in [4.69, 9.17) is 12.2 Å². The minimum Gasteiger partial charge on any atom is -0.302 e. The standard InChI is InChI=1S/C11H16N2O2S/c1-4-6-7(3)11(5-2)8(14)12-10(16)13-9(11)15/h6H,4-5H2,1-3H3,(H2,12,13,14,15,16). The van der Waals surface area contributed by atoms with Crippen LogP contribution in [-0.2, 0) is 9.59 Å². The van der Waals surface area contributed by atoms with Crippen LogP contribution in [0.15, 0.2) is 11.6 Å². The van der Waals surface area contributed by atoms with E-state index in [1.54, 1.807) is 6.92 Å². The third-order valence-electron chi connectivity index (χ3n) is 2.94. The van der Waals surface area contributed by atoms with Crippen LogP contribution in [0.25, 0.3) is 0 Å². The number of carbonyl (C=O) groups excluding carboxylic acids is 2. The lowest BCUT2D eigenvalue weighted by molar-refractivity contribution is -0.141. The lowest BCUT2D eigenvalue weighted by Crippen LogP contribution is -2.62. The van der Waals surface area contributed by atoms with Crippen LogP contribution in [-0.4, -0.2) is 16.9 Å². The van der Waals surface area contributed by atoms with Gasteiger partial charge in [0, 0.05) is 0 Å². The molecule has 0 unspecified atom stereocenters. The molecule has 0 radical (unpaired) electrons. The molecule has 1 rings (SSSR count). The summed E-state index contributed by atoms with van der Waals surface area (Å²) in [5.41, 5.74) is -0.326. The Labute approximate surface area is 100 Å². The number of thiocarbonyl (C=S) groups is 1. The Morgan fingerprint density at radius 2 is 1.81 bits per heavy atom. The van der Waals surface area contributed by atoms with Crippen molar-refractivity contribution < 1.29 is 9.59 Å². The second kappa shape index (κ2) is 4.74. The van der Waals surface area contributed by atoms with Crippen LogP contribution in [0.5, 0.6) is 0 Å². The van der Waals surface area contributed by atoms with E-state index < -0.39 is 5.41 Å². The van der Waals surface area contributed by atoms with Crippen LogP contribution >= 0.6 is 12.2 Å². The van der Waals surface area contributed by atoms with Crippen molar-refractivity contribution in [1.29, 1.82) is 0 Å². The lowest BCUT2D eigenvalue weighted by atomic mass is 9.75. The average Bonchev–Trinajstić information content (AvgIpc) is 2.18. The Morgan fingerprint density at radius 3 is 2.19 bits per heavy atom. The molecule has 0 aliphatic carbocycles. The minimum absolute atomic E-state index is 0.0865.